The summed E-state index contributed by atoms with van der Waals surface area (Å²) in [5.41, 5.74) is 0. The number of ether oxygens (including phenoxy) is 1. The van der Waals surface area contributed by atoms with Gasteiger partial charge in [-0.3, -0.25) is 14.9 Å². The lowest BCUT2D eigenvalue weighted by Crippen LogP contribution is -2.37. The first kappa shape index (κ1) is 11.1. The van der Waals surface area contributed by atoms with Crippen molar-refractivity contribution in [1.82, 2.24) is 10.6 Å². The monoisotopic (exact) mass is 200 g/mol. The quantitative estimate of drug-likeness (QED) is 0.444. The number of hydrogen-bond donors (Lipinski definition) is 2. The topological polar surface area (TPSA) is 67.4 Å². The summed E-state index contributed by atoms with van der Waals surface area (Å²) < 4.78 is 5.14. The number of carbonyl (C=O) groups is 2. The van der Waals surface area contributed by atoms with Crippen LogP contribution in [0.1, 0.15) is 19.8 Å². The molecule has 1 aliphatic heterocycles. The molecule has 2 amide bonds. The predicted octanol–water partition coefficient (Wildman–Crippen LogP) is -0.582. The third-order valence-electron chi connectivity index (χ3n) is 2.03. The molecule has 1 atom stereocenters. The number of nitrogens with one attached hydrogen (secondary N) is 2. The standard InChI is InChI=1S/C9H16N2O3/c1-2-14-5-3-4-10-7-6-8(12)11-9(7)13/h7,10H,2-6H2,1H3,(H,11,12,13). The highest BCUT2D eigenvalue weighted by Gasteiger charge is 2.29. The highest BCUT2D eigenvalue weighted by molar-refractivity contribution is 6.05. The molecule has 2 N–H and O–H groups in total. The molecule has 1 saturated heterocycles. The van der Waals surface area contributed by atoms with Crippen molar-refractivity contribution in [3.05, 3.63) is 0 Å². The SMILES string of the molecule is CCOCCCNC1CC(=O)NC1=O. The van der Waals surface area contributed by atoms with E-state index >= 15 is 0 Å². The number of rotatable bonds is 6. The van der Waals surface area contributed by atoms with Crippen molar-refractivity contribution < 1.29 is 14.3 Å². The zero-order valence-corrected chi connectivity index (χ0v) is 8.34. The number of imide groups is 1. The van der Waals surface area contributed by atoms with Crippen LogP contribution in [-0.2, 0) is 14.3 Å². The summed E-state index contributed by atoms with van der Waals surface area (Å²) in [6, 6.07) is -0.343. The second-order valence-electron chi connectivity index (χ2n) is 3.17. The molecule has 0 radical (unpaired) electrons. The van der Waals surface area contributed by atoms with Crippen molar-refractivity contribution in [3.63, 3.8) is 0 Å². The lowest BCUT2D eigenvalue weighted by molar-refractivity contribution is -0.125. The fraction of sp³-hybridized carbons (Fsp3) is 0.778. The van der Waals surface area contributed by atoms with E-state index in [1.54, 1.807) is 0 Å². The molecule has 0 aromatic carbocycles. The summed E-state index contributed by atoms with van der Waals surface area (Å²) in [5.74, 6) is -0.413. The Bertz CT molecular complexity index is 218. The van der Waals surface area contributed by atoms with Crippen molar-refractivity contribution in [3.8, 4) is 0 Å². The first-order valence-electron chi connectivity index (χ1n) is 4.89. The third kappa shape index (κ3) is 3.43. The van der Waals surface area contributed by atoms with Crippen LogP contribution in [0.3, 0.4) is 0 Å². The van der Waals surface area contributed by atoms with Crippen molar-refractivity contribution in [2.75, 3.05) is 19.8 Å². The second-order valence-corrected chi connectivity index (χ2v) is 3.17. The molecule has 0 spiro atoms. The molecule has 5 nitrogen and oxygen atoms in total. The van der Waals surface area contributed by atoms with Crippen molar-refractivity contribution in [2.45, 2.75) is 25.8 Å². The highest BCUT2D eigenvalue weighted by Crippen LogP contribution is 2.00. The van der Waals surface area contributed by atoms with Gasteiger partial charge in [-0.2, -0.15) is 0 Å². The molecule has 0 saturated carbocycles. The minimum Gasteiger partial charge on any atom is -0.382 e. The average Bonchev–Trinajstić information content (AvgIpc) is 2.45. The van der Waals surface area contributed by atoms with E-state index in [1.807, 2.05) is 6.92 Å². The lowest BCUT2D eigenvalue weighted by Gasteiger charge is -2.08. The van der Waals surface area contributed by atoms with E-state index < -0.39 is 0 Å². The van der Waals surface area contributed by atoms with E-state index in [0.29, 0.717) is 19.8 Å². The third-order valence-corrected chi connectivity index (χ3v) is 2.03. The highest BCUT2D eigenvalue weighted by atomic mass is 16.5. The first-order valence-corrected chi connectivity index (χ1v) is 4.89. The number of hydrogen-bond acceptors (Lipinski definition) is 4. The average molecular weight is 200 g/mol. The van der Waals surface area contributed by atoms with E-state index in [1.165, 1.54) is 0 Å². The Balaban J connectivity index is 2.07. The molecule has 1 rings (SSSR count). The van der Waals surface area contributed by atoms with E-state index in [0.717, 1.165) is 6.42 Å². The number of carbonyl (C=O) groups excluding carboxylic acids is 2. The Labute approximate surface area is 83.2 Å². The van der Waals surface area contributed by atoms with Gasteiger partial charge in [-0.05, 0) is 19.9 Å². The van der Waals surface area contributed by atoms with Crippen molar-refractivity contribution in [2.24, 2.45) is 0 Å². The van der Waals surface area contributed by atoms with Gasteiger partial charge < -0.3 is 10.1 Å². The van der Waals surface area contributed by atoms with E-state index in [4.69, 9.17) is 4.74 Å². The fourth-order valence-corrected chi connectivity index (χ4v) is 1.31. The van der Waals surface area contributed by atoms with Gasteiger partial charge in [0.1, 0.15) is 0 Å². The van der Waals surface area contributed by atoms with Crippen LogP contribution in [0.5, 0.6) is 0 Å². The predicted molar refractivity (Wildman–Crippen MR) is 50.7 cm³/mol. The minimum absolute atomic E-state index is 0.197. The van der Waals surface area contributed by atoms with Gasteiger partial charge in [0.25, 0.3) is 0 Å². The second kappa shape index (κ2) is 5.72. The molecule has 0 aromatic heterocycles. The van der Waals surface area contributed by atoms with Crippen molar-refractivity contribution >= 4 is 11.8 Å². The molecule has 0 bridgehead atoms. The summed E-state index contributed by atoms with van der Waals surface area (Å²) in [4.78, 5) is 21.9. The van der Waals surface area contributed by atoms with Crippen LogP contribution in [0, 0.1) is 0 Å². The van der Waals surface area contributed by atoms with Crippen LogP contribution < -0.4 is 10.6 Å². The van der Waals surface area contributed by atoms with Gasteiger partial charge in [-0.1, -0.05) is 0 Å². The van der Waals surface area contributed by atoms with Crippen LogP contribution >= 0.6 is 0 Å². The molecule has 0 aromatic rings. The molecular weight excluding hydrogens is 184 g/mol. The van der Waals surface area contributed by atoms with Gasteiger partial charge in [-0.25, -0.2) is 0 Å². The van der Waals surface area contributed by atoms with Gasteiger partial charge >= 0.3 is 0 Å². The Morgan fingerprint density at radius 1 is 1.57 bits per heavy atom. The summed E-state index contributed by atoms with van der Waals surface area (Å²) in [6.45, 7) is 4.04. The maximum Gasteiger partial charge on any atom is 0.244 e. The summed E-state index contributed by atoms with van der Waals surface area (Å²) in [7, 11) is 0. The zero-order valence-electron chi connectivity index (χ0n) is 8.34. The molecule has 80 valence electrons. The lowest BCUT2D eigenvalue weighted by atomic mass is 10.2. The van der Waals surface area contributed by atoms with Gasteiger partial charge in [0.05, 0.1) is 12.5 Å². The van der Waals surface area contributed by atoms with Gasteiger partial charge in [0, 0.05) is 13.2 Å². The van der Waals surface area contributed by atoms with E-state index in [9.17, 15) is 9.59 Å². The molecule has 1 aliphatic rings. The van der Waals surface area contributed by atoms with Crippen molar-refractivity contribution in [1.29, 1.82) is 0 Å². The summed E-state index contributed by atoms with van der Waals surface area (Å²) in [6.07, 6.45) is 1.11. The molecular formula is C9H16N2O3. The Morgan fingerprint density at radius 3 is 2.93 bits per heavy atom. The largest absolute Gasteiger partial charge is 0.382 e. The summed E-state index contributed by atoms with van der Waals surface area (Å²) in [5, 5.41) is 5.26. The minimum atomic E-state index is -0.343. The zero-order chi connectivity index (χ0) is 10.4. The summed E-state index contributed by atoms with van der Waals surface area (Å²) >= 11 is 0. The molecule has 1 unspecified atom stereocenters. The molecule has 1 fully saturated rings. The molecule has 14 heavy (non-hydrogen) atoms. The van der Waals surface area contributed by atoms with Crippen LogP contribution in [-0.4, -0.2) is 37.6 Å². The van der Waals surface area contributed by atoms with Gasteiger partial charge in [0.2, 0.25) is 11.8 Å². The van der Waals surface area contributed by atoms with Gasteiger partial charge in [-0.15, -0.1) is 0 Å². The Hall–Kier alpha value is -0.940. The maximum absolute atomic E-state index is 11.1. The van der Waals surface area contributed by atoms with Crippen LogP contribution in [0.4, 0.5) is 0 Å². The normalized spacial score (nSPS) is 21.4. The van der Waals surface area contributed by atoms with Gasteiger partial charge in [0.15, 0.2) is 0 Å². The van der Waals surface area contributed by atoms with E-state index in [2.05, 4.69) is 10.6 Å². The molecule has 0 aliphatic carbocycles. The maximum atomic E-state index is 11.1. The Kier molecular flexibility index (Phi) is 4.55. The fourth-order valence-electron chi connectivity index (χ4n) is 1.31. The number of amides is 2. The smallest absolute Gasteiger partial charge is 0.244 e. The Morgan fingerprint density at radius 2 is 2.36 bits per heavy atom. The van der Waals surface area contributed by atoms with Crippen LogP contribution in [0.15, 0.2) is 0 Å². The first-order chi connectivity index (χ1) is 6.74. The van der Waals surface area contributed by atoms with Crippen LogP contribution in [0.2, 0.25) is 0 Å². The van der Waals surface area contributed by atoms with Crippen LogP contribution in [0.25, 0.3) is 0 Å². The molecule has 5 heteroatoms. The van der Waals surface area contributed by atoms with E-state index in [-0.39, 0.29) is 24.3 Å². The molecule has 1 heterocycles.